The number of thiophene rings is 1. The van der Waals surface area contributed by atoms with E-state index >= 15 is 0 Å². The molecule has 92 valence electrons. The first-order valence-corrected chi connectivity index (χ1v) is 7.10. The van der Waals surface area contributed by atoms with Crippen LogP contribution >= 0.6 is 34.5 Å². The third kappa shape index (κ3) is 2.27. The molecule has 0 fully saturated rings. The lowest BCUT2D eigenvalue weighted by atomic mass is 10.1. The van der Waals surface area contributed by atoms with Gasteiger partial charge in [-0.05, 0) is 35.2 Å². The zero-order chi connectivity index (χ0) is 12.5. The summed E-state index contributed by atoms with van der Waals surface area (Å²) in [5.41, 5.74) is 8.59. The summed E-state index contributed by atoms with van der Waals surface area (Å²) >= 11 is 13.7. The summed E-state index contributed by atoms with van der Waals surface area (Å²) in [6.45, 7) is 0. The van der Waals surface area contributed by atoms with Crippen molar-refractivity contribution < 1.29 is 0 Å². The van der Waals surface area contributed by atoms with Crippen LogP contribution in [0.1, 0.15) is 16.5 Å². The first-order valence-electron chi connectivity index (χ1n) is 5.46. The van der Waals surface area contributed by atoms with Crippen molar-refractivity contribution in [2.75, 3.05) is 0 Å². The molecule has 0 saturated heterocycles. The molecular weight excluding hydrogens is 287 g/mol. The van der Waals surface area contributed by atoms with Gasteiger partial charge in [-0.2, -0.15) is 0 Å². The maximum atomic E-state index is 6.03. The maximum Gasteiger partial charge on any atom is 0.0715 e. The lowest BCUT2D eigenvalue weighted by Crippen LogP contribution is -2.26. The lowest BCUT2D eigenvalue weighted by Gasteiger charge is -2.09. The predicted molar refractivity (Wildman–Crippen MR) is 77.8 cm³/mol. The van der Waals surface area contributed by atoms with Gasteiger partial charge in [0.15, 0.2) is 0 Å². The van der Waals surface area contributed by atoms with Gasteiger partial charge in [0.2, 0.25) is 0 Å². The van der Waals surface area contributed by atoms with Gasteiger partial charge in [-0.1, -0.05) is 35.3 Å². The lowest BCUT2D eigenvalue weighted by molar-refractivity contribution is 0.616. The Balaban J connectivity index is 1.88. The quantitative estimate of drug-likeness (QED) is 0.866. The summed E-state index contributed by atoms with van der Waals surface area (Å²) in [7, 11) is 0. The van der Waals surface area contributed by atoms with Crippen molar-refractivity contribution in [1.82, 2.24) is 10.9 Å². The van der Waals surface area contributed by atoms with Gasteiger partial charge in [0.25, 0.3) is 0 Å². The van der Waals surface area contributed by atoms with Crippen LogP contribution in [0.25, 0.3) is 5.70 Å². The van der Waals surface area contributed by atoms with Crippen LogP contribution in [0.4, 0.5) is 0 Å². The van der Waals surface area contributed by atoms with Crippen LogP contribution in [-0.2, 0) is 0 Å². The first kappa shape index (κ1) is 12.1. The van der Waals surface area contributed by atoms with E-state index in [-0.39, 0.29) is 6.04 Å². The molecule has 3 rings (SSSR count). The minimum Gasteiger partial charge on any atom is -0.319 e. The standard InChI is InChI=1S/C13H10Cl2N2S/c14-9-4-3-8(6-10(9)15)11-7-12(17-16-11)13-2-1-5-18-13/h1-7,11,16-17H. The first-order chi connectivity index (χ1) is 8.74. The summed E-state index contributed by atoms with van der Waals surface area (Å²) in [4.78, 5) is 1.21. The molecule has 0 radical (unpaired) electrons. The number of hydrazine groups is 1. The molecule has 2 N–H and O–H groups in total. The van der Waals surface area contributed by atoms with Gasteiger partial charge in [-0.3, -0.25) is 0 Å². The zero-order valence-electron chi connectivity index (χ0n) is 9.28. The van der Waals surface area contributed by atoms with Crippen molar-refractivity contribution in [3.63, 3.8) is 0 Å². The van der Waals surface area contributed by atoms with Crippen LogP contribution in [0, 0.1) is 0 Å². The molecule has 18 heavy (non-hydrogen) atoms. The van der Waals surface area contributed by atoms with Crippen LogP contribution in [0.5, 0.6) is 0 Å². The van der Waals surface area contributed by atoms with E-state index in [1.54, 1.807) is 11.3 Å². The molecule has 2 nitrogen and oxygen atoms in total. The summed E-state index contributed by atoms with van der Waals surface area (Å²) in [5, 5.41) is 3.22. The second-order valence-electron chi connectivity index (χ2n) is 3.98. The fourth-order valence-electron chi connectivity index (χ4n) is 1.87. The minimum absolute atomic E-state index is 0.108. The molecule has 0 saturated carbocycles. The van der Waals surface area contributed by atoms with Gasteiger partial charge in [0.05, 0.1) is 26.7 Å². The van der Waals surface area contributed by atoms with Crippen LogP contribution < -0.4 is 10.9 Å². The molecule has 1 aliphatic rings. The second-order valence-corrected chi connectivity index (χ2v) is 5.74. The van der Waals surface area contributed by atoms with Gasteiger partial charge in [-0.15, -0.1) is 11.3 Å². The number of nitrogens with one attached hydrogen (secondary N) is 2. The summed E-state index contributed by atoms with van der Waals surface area (Å²) < 4.78 is 0. The highest BCUT2D eigenvalue weighted by atomic mass is 35.5. The van der Waals surface area contributed by atoms with E-state index in [1.807, 2.05) is 24.3 Å². The summed E-state index contributed by atoms with van der Waals surface area (Å²) in [5.74, 6) is 0. The highest BCUT2D eigenvalue weighted by Gasteiger charge is 2.18. The number of hydrogen-bond acceptors (Lipinski definition) is 3. The zero-order valence-corrected chi connectivity index (χ0v) is 11.6. The molecule has 1 unspecified atom stereocenters. The maximum absolute atomic E-state index is 6.03. The highest BCUT2D eigenvalue weighted by Crippen LogP contribution is 2.30. The fraction of sp³-hybridized carbons (Fsp3) is 0.0769. The summed E-state index contributed by atoms with van der Waals surface area (Å²) in [6, 6.07) is 9.91. The number of benzene rings is 1. The Labute approximate surface area is 119 Å². The van der Waals surface area contributed by atoms with Gasteiger partial charge in [0.1, 0.15) is 0 Å². The average molecular weight is 297 g/mol. The van der Waals surface area contributed by atoms with Crippen LogP contribution in [0.3, 0.4) is 0 Å². The Morgan fingerprint density at radius 2 is 2.00 bits per heavy atom. The minimum atomic E-state index is 0.108. The molecule has 1 aliphatic heterocycles. The number of rotatable bonds is 2. The van der Waals surface area contributed by atoms with Crippen molar-refractivity contribution in [2.24, 2.45) is 0 Å². The third-order valence-electron chi connectivity index (χ3n) is 2.79. The molecular formula is C13H10Cl2N2S. The number of halogens is 2. The smallest absolute Gasteiger partial charge is 0.0715 e. The molecule has 2 heterocycles. The van der Waals surface area contributed by atoms with E-state index in [9.17, 15) is 0 Å². The van der Waals surface area contributed by atoms with Crippen molar-refractivity contribution in [1.29, 1.82) is 0 Å². The molecule has 2 aromatic rings. The number of hydrogen-bond donors (Lipinski definition) is 2. The van der Waals surface area contributed by atoms with E-state index in [1.165, 1.54) is 4.88 Å². The molecule has 5 heteroatoms. The van der Waals surface area contributed by atoms with Gasteiger partial charge in [-0.25, -0.2) is 5.43 Å². The van der Waals surface area contributed by atoms with Gasteiger partial charge < -0.3 is 5.43 Å². The third-order valence-corrected chi connectivity index (χ3v) is 4.43. The Hall–Kier alpha value is -1.00. The van der Waals surface area contributed by atoms with Gasteiger partial charge >= 0.3 is 0 Å². The predicted octanol–water partition coefficient (Wildman–Crippen LogP) is 4.24. The van der Waals surface area contributed by atoms with Crippen molar-refractivity contribution in [2.45, 2.75) is 6.04 Å². The Morgan fingerprint density at radius 3 is 2.72 bits per heavy atom. The largest absolute Gasteiger partial charge is 0.319 e. The van der Waals surface area contributed by atoms with Crippen molar-refractivity contribution in [3.8, 4) is 0 Å². The Kier molecular flexibility index (Phi) is 3.31. The summed E-state index contributed by atoms with van der Waals surface area (Å²) in [6.07, 6.45) is 2.14. The molecule has 0 amide bonds. The van der Waals surface area contributed by atoms with E-state index in [0.29, 0.717) is 10.0 Å². The van der Waals surface area contributed by atoms with Crippen LogP contribution in [0.2, 0.25) is 10.0 Å². The van der Waals surface area contributed by atoms with E-state index in [2.05, 4.69) is 28.4 Å². The van der Waals surface area contributed by atoms with E-state index in [4.69, 9.17) is 23.2 Å². The topological polar surface area (TPSA) is 24.1 Å². The molecule has 0 bridgehead atoms. The average Bonchev–Trinajstić information content (AvgIpc) is 3.01. The monoisotopic (exact) mass is 296 g/mol. The second kappa shape index (κ2) is 4.94. The van der Waals surface area contributed by atoms with Crippen molar-refractivity contribution in [3.05, 3.63) is 62.3 Å². The fourth-order valence-corrected chi connectivity index (χ4v) is 2.88. The SMILES string of the molecule is Clc1ccc(C2C=C(c3cccs3)NN2)cc1Cl. The Bertz CT molecular complexity index is 593. The van der Waals surface area contributed by atoms with E-state index in [0.717, 1.165) is 11.3 Å². The highest BCUT2D eigenvalue weighted by molar-refractivity contribution is 7.11. The Morgan fingerprint density at radius 1 is 1.11 bits per heavy atom. The van der Waals surface area contributed by atoms with Gasteiger partial charge in [0, 0.05) is 0 Å². The van der Waals surface area contributed by atoms with Crippen molar-refractivity contribution >= 4 is 40.2 Å². The normalized spacial score (nSPS) is 18.6. The van der Waals surface area contributed by atoms with Crippen LogP contribution in [-0.4, -0.2) is 0 Å². The molecule has 0 aliphatic carbocycles. The molecule has 1 aromatic heterocycles. The van der Waals surface area contributed by atoms with Crippen LogP contribution in [0.15, 0.2) is 41.8 Å². The molecule has 0 spiro atoms. The molecule has 1 atom stereocenters. The van der Waals surface area contributed by atoms with E-state index < -0.39 is 0 Å². The molecule has 1 aromatic carbocycles.